The molecule has 0 radical (unpaired) electrons. The standard InChI is InChI=1S/C11H4F5IS/c12-7-6(4-2-1-3-5(4)18-17)8(13)10(15)11(16)9(7)14/h1-3,5H. The Morgan fingerprint density at radius 1 is 0.889 bits per heavy atom. The molecule has 96 valence electrons. The molecule has 0 heterocycles. The number of rotatable bonds is 2. The molecule has 0 spiro atoms. The monoisotopic (exact) mass is 390 g/mol. The summed E-state index contributed by atoms with van der Waals surface area (Å²) < 4.78 is 66.2. The molecule has 18 heavy (non-hydrogen) atoms. The Kier molecular flexibility index (Phi) is 4.00. The van der Waals surface area contributed by atoms with Gasteiger partial charge in [0, 0.05) is 0 Å². The van der Waals surface area contributed by atoms with Gasteiger partial charge in [-0.15, -0.1) is 0 Å². The summed E-state index contributed by atoms with van der Waals surface area (Å²) in [4.78, 5) is 0. The van der Waals surface area contributed by atoms with E-state index >= 15 is 0 Å². The molecule has 1 aromatic carbocycles. The average Bonchev–Trinajstić information content (AvgIpc) is 2.82. The summed E-state index contributed by atoms with van der Waals surface area (Å²) in [6.45, 7) is 0. The largest absolute Gasteiger partial charge is 0.203 e. The molecular weight excluding hydrogens is 386 g/mol. The third kappa shape index (κ3) is 2.07. The molecule has 2 rings (SSSR count). The van der Waals surface area contributed by atoms with Gasteiger partial charge in [0.1, 0.15) is 0 Å². The van der Waals surface area contributed by atoms with Crippen LogP contribution in [-0.4, -0.2) is 5.25 Å². The minimum absolute atomic E-state index is 0.0715. The fourth-order valence-corrected chi connectivity index (χ4v) is 3.39. The minimum atomic E-state index is -2.14. The molecule has 1 atom stereocenters. The second-order valence-electron chi connectivity index (χ2n) is 3.46. The molecule has 0 bridgehead atoms. The van der Waals surface area contributed by atoms with Crippen LogP contribution in [0, 0.1) is 29.1 Å². The number of allylic oxidation sites excluding steroid dienone is 2. The van der Waals surface area contributed by atoms with Crippen molar-refractivity contribution in [1.29, 1.82) is 0 Å². The van der Waals surface area contributed by atoms with Crippen molar-refractivity contribution in [3.05, 3.63) is 52.9 Å². The van der Waals surface area contributed by atoms with Gasteiger partial charge in [-0.25, -0.2) is 22.0 Å². The first-order valence-electron chi connectivity index (χ1n) is 4.66. The van der Waals surface area contributed by atoms with E-state index < -0.39 is 39.9 Å². The fraction of sp³-hybridized carbons (Fsp3) is 0.0909. The van der Waals surface area contributed by atoms with Crippen LogP contribution in [0.25, 0.3) is 5.57 Å². The maximum Gasteiger partial charge on any atom is 0.200 e. The topological polar surface area (TPSA) is 0 Å². The highest BCUT2D eigenvalue weighted by molar-refractivity contribution is 14.2. The van der Waals surface area contributed by atoms with Crippen LogP contribution < -0.4 is 0 Å². The number of halogens is 6. The molecule has 0 aromatic heterocycles. The van der Waals surface area contributed by atoms with E-state index in [9.17, 15) is 22.0 Å². The third-order valence-electron chi connectivity index (χ3n) is 2.46. The lowest BCUT2D eigenvalue weighted by Gasteiger charge is -2.13. The summed E-state index contributed by atoms with van der Waals surface area (Å²) in [6.07, 6.45) is 4.48. The second kappa shape index (κ2) is 5.20. The number of hydrogen-bond donors (Lipinski definition) is 0. The Balaban J connectivity index is 2.66. The summed E-state index contributed by atoms with van der Waals surface area (Å²) in [5, 5.41) is -0.432. The first-order chi connectivity index (χ1) is 8.49. The molecule has 1 aliphatic carbocycles. The third-order valence-corrected chi connectivity index (χ3v) is 4.71. The van der Waals surface area contributed by atoms with Gasteiger partial charge >= 0.3 is 0 Å². The number of hydrogen-bond acceptors (Lipinski definition) is 1. The molecule has 0 nitrogen and oxygen atoms in total. The fourth-order valence-electron chi connectivity index (χ4n) is 1.62. The van der Waals surface area contributed by atoms with Gasteiger partial charge in [-0.1, -0.05) is 27.2 Å². The summed E-state index contributed by atoms with van der Waals surface area (Å²) >= 11 is 1.90. The molecular formula is C11H4F5IS. The summed E-state index contributed by atoms with van der Waals surface area (Å²) in [6, 6.07) is 0. The summed E-state index contributed by atoms with van der Waals surface area (Å²) in [5.74, 6) is -9.57. The van der Waals surface area contributed by atoms with Crippen LogP contribution in [0.2, 0.25) is 0 Å². The lowest BCUT2D eigenvalue weighted by atomic mass is 10.0. The van der Waals surface area contributed by atoms with Crippen molar-refractivity contribution in [1.82, 2.24) is 0 Å². The molecule has 0 saturated heterocycles. The van der Waals surface area contributed by atoms with Gasteiger partial charge in [0.2, 0.25) is 5.82 Å². The Morgan fingerprint density at radius 2 is 1.39 bits per heavy atom. The normalized spacial score (nSPS) is 18.3. The van der Waals surface area contributed by atoms with Gasteiger partial charge in [-0.05, 0) is 26.8 Å². The van der Waals surface area contributed by atoms with Crippen LogP contribution in [0.3, 0.4) is 0 Å². The Labute approximate surface area is 116 Å². The Hall–Kier alpha value is -0.570. The van der Waals surface area contributed by atoms with Crippen molar-refractivity contribution in [3.63, 3.8) is 0 Å². The zero-order valence-electron chi connectivity index (χ0n) is 8.49. The highest BCUT2D eigenvalue weighted by atomic mass is 127. The zero-order valence-corrected chi connectivity index (χ0v) is 11.5. The van der Waals surface area contributed by atoms with Crippen molar-refractivity contribution >= 4 is 35.7 Å². The lowest BCUT2D eigenvalue weighted by Crippen LogP contribution is -2.09. The van der Waals surface area contributed by atoms with E-state index in [2.05, 4.69) is 0 Å². The molecule has 0 N–H and O–H groups in total. The van der Waals surface area contributed by atoms with Crippen LogP contribution in [-0.2, 0) is 0 Å². The maximum atomic E-state index is 13.6. The first kappa shape index (κ1) is 13.9. The van der Waals surface area contributed by atoms with Gasteiger partial charge < -0.3 is 0 Å². The smallest absolute Gasteiger partial charge is 0.200 e. The highest BCUT2D eigenvalue weighted by Gasteiger charge is 2.30. The lowest BCUT2D eigenvalue weighted by molar-refractivity contribution is 0.376. The van der Waals surface area contributed by atoms with Crippen LogP contribution in [0.4, 0.5) is 22.0 Å². The van der Waals surface area contributed by atoms with E-state index in [0.29, 0.717) is 0 Å². The van der Waals surface area contributed by atoms with Crippen LogP contribution in [0.15, 0.2) is 18.2 Å². The molecule has 7 heteroatoms. The molecule has 0 fully saturated rings. The van der Waals surface area contributed by atoms with Gasteiger partial charge in [-0.2, -0.15) is 0 Å². The van der Waals surface area contributed by atoms with Gasteiger partial charge in [0.05, 0.1) is 10.8 Å². The summed E-state index contributed by atoms with van der Waals surface area (Å²) in [7, 11) is 1.21. The van der Waals surface area contributed by atoms with Crippen molar-refractivity contribution < 1.29 is 22.0 Å². The van der Waals surface area contributed by atoms with E-state index in [-0.39, 0.29) is 5.57 Å². The number of benzene rings is 1. The molecule has 1 unspecified atom stereocenters. The van der Waals surface area contributed by atoms with Crippen LogP contribution in [0.5, 0.6) is 0 Å². The van der Waals surface area contributed by atoms with Gasteiger partial charge in [-0.3, -0.25) is 0 Å². The van der Waals surface area contributed by atoms with Crippen molar-refractivity contribution in [2.75, 3.05) is 0 Å². The molecule has 0 amide bonds. The van der Waals surface area contributed by atoms with Crippen molar-refractivity contribution in [2.24, 2.45) is 0 Å². The van der Waals surface area contributed by atoms with E-state index in [1.165, 1.54) is 21.1 Å². The molecule has 0 aliphatic heterocycles. The zero-order chi connectivity index (χ0) is 13.4. The molecule has 1 aliphatic rings. The highest BCUT2D eigenvalue weighted by Crippen LogP contribution is 2.39. The summed E-state index contributed by atoms with van der Waals surface area (Å²) in [5.41, 5.74) is -0.784. The van der Waals surface area contributed by atoms with Crippen LogP contribution in [0.1, 0.15) is 5.56 Å². The van der Waals surface area contributed by atoms with Crippen LogP contribution >= 0.6 is 30.1 Å². The minimum Gasteiger partial charge on any atom is -0.203 e. The van der Waals surface area contributed by atoms with E-state index in [0.717, 1.165) is 0 Å². The molecule has 0 saturated carbocycles. The average molecular weight is 390 g/mol. The maximum absolute atomic E-state index is 13.6. The predicted octanol–water partition coefficient (Wildman–Crippen LogP) is 4.79. The second-order valence-corrected chi connectivity index (χ2v) is 5.67. The Bertz CT molecular complexity index is 538. The van der Waals surface area contributed by atoms with Crippen molar-refractivity contribution in [2.45, 2.75) is 5.25 Å². The van der Waals surface area contributed by atoms with E-state index in [1.54, 1.807) is 6.08 Å². The Morgan fingerprint density at radius 3 is 1.89 bits per heavy atom. The van der Waals surface area contributed by atoms with Gasteiger partial charge in [0.25, 0.3) is 0 Å². The first-order valence-corrected chi connectivity index (χ1v) is 8.08. The van der Waals surface area contributed by atoms with Gasteiger partial charge in [0.15, 0.2) is 23.3 Å². The SMILES string of the molecule is Fc1c(F)c(F)c(C2=CC=CC2SI)c(F)c1F. The van der Waals surface area contributed by atoms with E-state index in [1.807, 2.05) is 21.2 Å². The van der Waals surface area contributed by atoms with E-state index in [4.69, 9.17) is 0 Å². The quantitative estimate of drug-likeness (QED) is 0.303. The van der Waals surface area contributed by atoms with Crippen molar-refractivity contribution in [3.8, 4) is 0 Å². The molecule has 1 aromatic rings. The predicted molar refractivity (Wildman–Crippen MR) is 68.7 cm³/mol.